The molecule has 6 heteroatoms. The van der Waals surface area contributed by atoms with Gasteiger partial charge in [0.2, 0.25) is 11.8 Å². The summed E-state index contributed by atoms with van der Waals surface area (Å²) in [6.07, 6.45) is 5.21. The van der Waals surface area contributed by atoms with E-state index in [2.05, 4.69) is 58.0 Å². The standard InChI is InChI=1S/C31H38N4O2/c1-22(32-2)30(36)33-28-17-16-23-10-4-7-13-29(23)35(31(28)37)21-25-15-14-24(20-34-18-8-3-9-19-34)26-11-5-6-12-27(25)26/h4-7,10-15,22,28,32H,3,8-9,16-21H2,1-2H3,(H,33,36)/t22-,28?/m0/s1. The highest BCUT2D eigenvalue weighted by molar-refractivity contribution is 6.01. The average molecular weight is 499 g/mol. The molecule has 2 aliphatic rings. The van der Waals surface area contributed by atoms with Crippen molar-refractivity contribution in [3.8, 4) is 0 Å². The molecule has 1 fully saturated rings. The van der Waals surface area contributed by atoms with Gasteiger partial charge < -0.3 is 15.5 Å². The highest BCUT2D eigenvalue weighted by atomic mass is 16.2. The molecule has 0 radical (unpaired) electrons. The molecule has 6 nitrogen and oxygen atoms in total. The number of nitrogens with zero attached hydrogens (tertiary/aromatic N) is 2. The van der Waals surface area contributed by atoms with Gasteiger partial charge >= 0.3 is 0 Å². The molecule has 0 aliphatic carbocycles. The molecule has 0 bridgehead atoms. The summed E-state index contributed by atoms with van der Waals surface area (Å²) in [6, 6.07) is 20.2. The van der Waals surface area contributed by atoms with Crippen LogP contribution in [0.15, 0.2) is 60.7 Å². The maximum Gasteiger partial charge on any atom is 0.249 e. The Morgan fingerprint density at radius 2 is 1.57 bits per heavy atom. The van der Waals surface area contributed by atoms with Gasteiger partial charge in [-0.2, -0.15) is 0 Å². The fourth-order valence-corrected chi connectivity index (χ4v) is 5.67. The molecule has 2 N–H and O–H groups in total. The molecule has 194 valence electrons. The van der Waals surface area contributed by atoms with Gasteiger partial charge in [-0.3, -0.25) is 14.5 Å². The first-order valence-corrected chi connectivity index (χ1v) is 13.6. The summed E-state index contributed by atoms with van der Waals surface area (Å²) in [5.74, 6) is -0.206. The molecule has 2 heterocycles. The fraction of sp³-hybridized carbons (Fsp3) is 0.419. The van der Waals surface area contributed by atoms with Crippen LogP contribution in [0.25, 0.3) is 10.8 Å². The Bertz CT molecular complexity index is 1270. The smallest absolute Gasteiger partial charge is 0.249 e. The maximum atomic E-state index is 13.9. The lowest BCUT2D eigenvalue weighted by Crippen LogP contribution is -2.52. The maximum absolute atomic E-state index is 13.9. The van der Waals surface area contributed by atoms with E-state index in [4.69, 9.17) is 0 Å². The van der Waals surface area contributed by atoms with Crippen molar-refractivity contribution in [2.45, 2.75) is 64.2 Å². The van der Waals surface area contributed by atoms with Crippen LogP contribution >= 0.6 is 0 Å². The van der Waals surface area contributed by atoms with Gasteiger partial charge in [-0.05, 0) is 86.3 Å². The number of para-hydroxylation sites is 1. The molecule has 5 rings (SSSR count). The topological polar surface area (TPSA) is 64.7 Å². The number of hydrogen-bond donors (Lipinski definition) is 2. The molecule has 2 aliphatic heterocycles. The van der Waals surface area contributed by atoms with Crippen molar-refractivity contribution in [1.29, 1.82) is 0 Å². The summed E-state index contributed by atoms with van der Waals surface area (Å²) in [6.45, 7) is 5.56. The largest absolute Gasteiger partial charge is 0.343 e. The van der Waals surface area contributed by atoms with Gasteiger partial charge in [0.05, 0.1) is 12.6 Å². The van der Waals surface area contributed by atoms with Crippen LogP contribution < -0.4 is 15.5 Å². The van der Waals surface area contributed by atoms with E-state index in [1.54, 1.807) is 14.0 Å². The van der Waals surface area contributed by atoms with E-state index in [0.29, 0.717) is 13.0 Å². The summed E-state index contributed by atoms with van der Waals surface area (Å²) >= 11 is 0. The number of anilines is 1. The fourth-order valence-electron chi connectivity index (χ4n) is 5.67. The Hall–Kier alpha value is -3.22. The van der Waals surface area contributed by atoms with E-state index < -0.39 is 6.04 Å². The highest BCUT2D eigenvalue weighted by Gasteiger charge is 2.32. The quantitative estimate of drug-likeness (QED) is 0.507. The van der Waals surface area contributed by atoms with Crippen LogP contribution in [-0.2, 0) is 29.1 Å². The van der Waals surface area contributed by atoms with Gasteiger partial charge in [-0.25, -0.2) is 0 Å². The number of piperidine rings is 1. The molecule has 2 amide bonds. The zero-order chi connectivity index (χ0) is 25.8. The molecular formula is C31H38N4O2. The number of carbonyl (C=O) groups excluding carboxylic acids is 2. The lowest BCUT2D eigenvalue weighted by Gasteiger charge is -2.29. The Morgan fingerprint density at radius 3 is 2.27 bits per heavy atom. The van der Waals surface area contributed by atoms with Crippen molar-refractivity contribution in [3.63, 3.8) is 0 Å². The van der Waals surface area contributed by atoms with Crippen LogP contribution in [0.1, 0.15) is 49.3 Å². The van der Waals surface area contributed by atoms with Crippen molar-refractivity contribution in [1.82, 2.24) is 15.5 Å². The van der Waals surface area contributed by atoms with Crippen molar-refractivity contribution in [2.24, 2.45) is 0 Å². The van der Waals surface area contributed by atoms with Crippen LogP contribution in [0, 0.1) is 0 Å². The first-order chi connectivity index (χ1) is 18.0. The van der Waals surface area contributed by atoms with Crippen LogP contribution in [0.2, 0.25) is 0 Å². The van der Waals surface area contributed by atoms with Crippen LogP contribution in [0.4, 0.5) is 5.69 Å². The van der Waals surface area contributed by atoms with E-state index in [1.165, 1.54) is 35.6 Å². The number of aryl methyl sites for hydroxylation is 1. The van der Waals surface area contributed by atoms with Crippen molar-refractivity contribution >= 4 is 28.3 Å². The molecule has 1 saturated heterocycles. The number of hydrogen-bond acceptors (Lipinski definition) is 4. The van der Waals surface area contributed by atoms with Gasteiger partial charge in [0.1, 0.15) is 6.04 Å². The van der Waals surface area contributed by atoms with E-state index in [-0.39, 0.29) is 17.9 Å². The number of likely N-dealkylation sites (tertiary alicyclic amines) is 1. The molecular weight excluding hydrogens is 460 g/mol. The van der Waals surface area contributed by atoms with Gasteiger partial charge in [0.15, 0.2) is 0 Å². The molecule has 2 atom stereocenters. The molecule has 3 aromatic carbocycles. The number of carbonyl (C=O) groups is 2. The van der Waals surface area contributed by atoms with Crippen molar-refractivity contribution in [2.75, 3.05) is 25.0 Å². The molecule has 0 saturated carbocycles. The molecule has 0 spiro atoms. The second-order valence-electron chi connectivity index (χ2n) is 10.4. The van der Waals surface area contributed by atoms with E-state index in [9.17, 15) is 9.59 Å². The van der Waals surface area contributed by atoms with Gasteiger partial charge in [-0.15, -0.1) is 0 Å². The monoisotopic (exact) mass is 498 g/mol. The SMILES string of the molecule is CN[C@@H](C)C(=O)NC1CCc2ccccc2N(Cc2ccc(CN3CCCCC3)c3ccccc23)C1=O. The third kappa shape index (κ3) is 5.55. The van der Waals surface area contributed by atoms with Gasteiger partial charge in [0.25, 0.3) is 0 Å². The van der Waals surface area contributed by atoms with Gasteiger partial charge in [-0.1, -0.05) is 61.0 Å². The van der Waals surface area contributed by atoms with Crippen molar-refractivity contribution in [3.05, 3.63) is 77.4 Å². The lowest BCUT2D eigenvalue weighted by molar-refractivity contribution is -0.128. The second-order valence-corrected chi connectivity index (χ2v) is 10.4. The Morgan fingerprint density at radius 1 is 0.919 bits per heavy atom. The number of likely N-dealkylation sites (N-methyl/N-ethyl adjacent to an activating group) is 1. The average Bonchev–Trinajstić information content (AvgIpc) is 3.06. The number of rotatable bonds is 7. The molecule has 37 heavy (non-hydrogen) atoms. The molecule has 1 unspecified atom stereocenters. The third-order valence-corrected chi connectivity index (χ3v) is 7.97. The highest BCUT2D eigenvalue weighted by Crippen LogP contribution is 2.31. The van der Waals surface area contributed by atoms with Gasteiger partial charge in [0, 0.05) is 12.2 Å². The Balaban J connectivity index is 1.47. The first kappa shape index (κ1) is 25.4. The molecule has 3 aromatic rings. The lowest BCUT2D eigenvalue weighted by atomic mass is 9.98. The summed E-state index contributed by atoms with van der Waals surface area (Å²) in [5, 5.41) is 8.42. The molecule has 0 aromatic heterocycles. The second kappa shape index (κ2) is 11.4. The zero-order valence-electron chi connectivity index (χ0n) is 22.0. The summed E-state index contributed by atoms with van der Waals surface area (Å²) in [5.41, 5.74) is 4.54. The minimum Gasteiger partial charge on any atom is -0.343 e. The summed E-state index contributed by atoms with van der Waals surface area (Å²) < 4.78 is 0. The van der Waals surface area contributed by atoms with E-state index in [0.717, 1.165) is 42.9 Å². The normalized spacial score (nSPS) is 19.4. The van der Waals surface area contributed by atoms with E-state index >= 15 is 0 Å². The van der Waals surface area contributed by atoms with Crippen LogP contribution in [0.3, 0.4) is 0 Å². The predicted octanol–water partition coefficient (Wildman–Crippen LogP) is 4.40. The minimum atomic E-state index is -0.555. The predicted molar refractivity (Wildman–Crippen MR) is 149 cm³/mol. The van der Waals surface area contributed by atoms with Crippen LogP contribution in [0.5, 0.6) is 0 Å². The minimum absolute atomic E-state index is 0.0527. The van der Waals surface area contributed by atoms with Crippen LogP contribution in [-0.4, -0.2) is 48.9 Å². The zero-order valence-corrected chi connectivity index (χ0v) is 22.0. The number of amides is 2. The first-order valence-electron chi connectivity index (χ1n) is 13.6. The Kier molecular flexibility index (Phi) is 7.87. The number of fused-ring (bicyclic) bond motifs is 2. The summed E-state index contributed by atoms with van der Waals surface area (Å²) in [7, 11) is 1.75. The number of nitrogens with one attached hydrogen (secondary N) is 2. The van der Waals surface area contributed by atoms with E-state index in [1.807, 2.05) is 23.1 Å². The van der Waals surface area contributed by atoms with Crippen molar-refractivity contribution < 1.29 is 9.59 Å². The number of benzene rings is 3. The third-order valence-electron chi connectivity index (χ3n) is 7.97. The Labute approximate surface area is 220 Å². The summed E-state index contributed by atoms with van der Waals surface area (Å²) in [4.78, 5) is 31.0.